The summed E-state index contributed by atoms with van der Waals surface area (Å²) in [6.45, 7) is 24.6. The number of hydrogen-bond acceptors (Lipinski definition) is 0. The SMILES string of the molecule is CC[Si]1(CC)[Si-]2[Si](CC)(CC)[Si]1([Si](C)(C)C)[Si]2(CC)CC. The molecule has 0 N–H and O–H groups in total. The van der Waals surface area contributed by atoms with E-state index in [9.17, 15) is 0 Å². The van der Waals surface area contributed by atoms with E-state index in [0.717, 1.165) is 0 Å². The van der Waals surface area contributed by atoms with Crippen LogP contribution in [0.4, 0.5) is 0 Å². The normalized spacial score (nSPS) is 27.9. The molecule has 0 amide bonds. The molecule has 3 aliphatic rings. The Kier molecular flexibility index (Phi) is 4.80. The Morgan fingerprint density at radius 2 is 0.810 bits per heavy atom. The molecule has 3 fully saturated rings. The minimum Gasteiger partial charge on any atom is -0.259 e. The zero-order valence-electron chi connectivity index (χ0n) is 16.2. The maximum atomic E-state index is 2.88. The molecule has 6 heteroatoms. The summed E-state index contributed by atoms with van der Waals surface area (Å²) in [5.74, 6) is 0. The van der Waals surface area contributed by atoms with Gasteiger partial charge in [0.25, 0.3) is 0 Å². The molecule has 0 aliphatic carbocycles. The lowest BCUT2D eigenvalue weighted by Crippen LogP contribution is -3.28. The number of hydrogen-bond donors (Lipinski definition) is 0. The zero-order chi connectivity index (χ0) is 16.3. The summed E-state index contributed by atoms with van der Waals surface area (Å²) in [5, 5.41) is 0. The highest BCUT2D eigenvalue weighted by atomic mass is 30.7. The molecule has 0 unspecified atom stereocenters. The molecule has 3 saturated heterocycles. The van der Waals surface area contributed by atoms with Crippen molar-refractivity contribution in [3.05, 3.63) is 0 Å². The van der Waals surface area contributed by atoms with E-state index in [1.807, 2.05) is 0 Å². The predicted molar refractivity (Wildman–Crippen MR) is 115 cm³/mol. The van der Waals surface area contributed by atoms with Gasteiger partial charge in [-0.1, -0.05) is 104 Å². The molecule has 0 saturated carbocycles. The van der Waals surface area contributed by atoms with Crippen LogP contribution in [0.2, 0.25) is 55.9 Å². The fraction of sp³-hybridized carbons (Fsp3) is 1.00. The molecule has 0 radical (unpaired) electrons. The Bertz CT molecular complexity index is 351. The fourth-order valence-electron chi connectivity index (χ4n) is 8.68. The van der Waals surface area contributed by atoms with Crippen molar-refractivity contribution in [3.63, 3.8) is 0 Å². The second-order valence-electron chi connectivity index (χ2n) is 8.74. The van der Waals surface area contributed by atoms with Gasteiger partial charge in [-0.2, -0.15) is 0 Å². The predicted octanol–water partition coefficient (Wildman–Crippen LogP) is 5.31. The monoisotopic (exact) mass is 387 g/mol. The van der Waals surface area contributed by atoms with Crippen LogP contribution < -0.4 is 0 Å². The molecule has 0 aromatic carbocycles. The maximum absolute atomic E-state index is 2.88. The van der Waals surface area contributed by atoms with Crippen molar-refractivity contribution in [1.82, 2.24) is 0 Å². The van der Waals surface area contributed by atoms with E-state index < -0.39 is 35.1 Å². The van der Waals surface area contributed by atoms with Gasteiger partial charge in [0, 0.05) is 7.59 Å². The summed E-state index contributed by atoms with van der Waals surface area (Å²) in [4.78, 5) is 0. The average molecular weight is 388 g/mol. The van der Waals surface area contributed by atoms with Crippen molar-refractivity contribution in [1.29, 1.82) is 0 Å². The van der Waals surface area contributed by atoms with Gasteiger partial charge in [-0.3, -0.25) is 7.35 Å². The van der Waals surface area contributed by atoms with Gasteiger partial charge in [-0.05, 0) is 0 Å². The van der Waals surface area contributed by atoms with Gasteiger partial charge in [0.15, 0.2) is 0 Å². The topological polar surface area (TPSA) is 0 Å². The second kappa shape index (κ2) is 5.41. The molecule has 0 nitrogen and oxygen atoms in total. The maximum Gasteiger partial charge on any atom is 0.0231 e. The molecule has 0 aromatic rings. The largest absolute Gasteiger partial charge is 0.259 e. The van der Waals surface area contributed by atoms with Crippen LogP contribution in [0.15, 0.2) is 0 Å². The third-order valence-corrected chi connectivity index (χ3v) is 201. The van der Waals surface area contributed by atoms with E-state index in [4.69, 9.17) is 0 Å². The highest BCUT2D eigenvalue weighted by molar-refractivity contribution is 8.51. The van der Waals surface area contributed by atoms with Crippen molar-refractivity contribution in [2.45, 2.75) is 97.4 Å². The molecule has 0 aromatic heterocycles. The zero-order valence-corrected chi connectivity index (χ0v) is 22.2. The highest BCUT2D eigenvalue weighted by Gasteiger charge is 2.88. The van der Waals surface area contributed by atoms with E-state index in [-0.39, 0.29) is 7.35 Å². The van der Waals surface area contributed by atoms with Crippen LogP contribution in [0, 0.1) is 0 Å². The standard InChI is InChI=1S/C15H39Si6/c1-10-18(11-2)16-19(12-3,13-4)21(18,17(7,8)9)20(16,14-5)15-6/h10-15H2,1-9H3/q-1. The second-order valence-corrected chi connectivity index (χ2v) is 79.5. The van der Waals surface area contributed by atoms with Gasteiger partial charge < -0.3 is 0 Å². The summed E-state index contributed by atoms with van der Waals surface area (Å²) < 4.78 is 0. The van der Waals surface area contributed by atoms with Crippen LogP contribution in [-0.4, -0.2) is 42.4 Å². The third-order valence-electron chi connectivity index (χ3n) is 8.34. The molecule has 0 spiro atoms. The summed E-state index contributed by atoms with van der Waals surface area (Å²) in [6, 6.07) is 10.4. The third kappa shape index (κ3) is 1.48. The molecule has 3 heterocycles. The van der Waals surface area contributed by atoms with Crippen LogP contribution in [0.1, 0.15) is 41.5 Å². The van der Waals surface area contributed by atoms with Crippen LogP contribution in [0.3, 0.4) is 0 Å². The molecule has 21 heavy (non-hydrogen) atoms. The Labute approximate surface area is 139 Å². The van der Waals surface area contributed by atoms with Crippen LogP contribution in [-0.2, 0) is 0 Å². The Balaban J connectivity index is 2.73. The van der Waals surface area contributed by atoms with Gasteiger partial charge in [-0.15, -0.1) is 21.3 Å². The van der Waals surface area contributed by atoms with Crippen LogP contribution >= 0.6 is 0 Å². The minimum atomic E-state index is -0.915. The van der Waals surface area contributed by atoms with Crippen molar-refractivity contribution in [2.24, 2.45) is 0 Å². The van der Waals surface area contributed by atoms with Crippen molar-refractivity contribution >= 4 is 42.4 Å². The first-order valence-electron chi connectivity index (χ1n) is 9.61. The molecule has 2 bridgehead atoms. The summed E-state index contributed by atoms with van der Waals surface area (Å²) >= 11 is 0. The highest BCUT2D eigenvalue weighted by Crippen LogP contribution is 2.72. The van der Waals surface area contributed by atoms with E-state index in [2.05, 4.69) is 61.2 Å². The Morgan fingerprint density at radius 1 is 0.571 bits per heavy atom. The van der Waals surface area contributed by atoms with Gasteiger partial charge in [-0.25, -0.2) is 0 Å². The smallest absolute Gasteiger partial charge is 0.0231 e. The van der Waals surface area contributed by atoms with E-state index in [1.165, 1.54) is 0 Å². The molecular weight excluding hydrogens is 349 g/mol. The fourth-order valence-corrected chi connectivity index (χ4v) is 395. The summed E-state index contributed by atoms with van der Waals surface area (Å²) in [7, 11) is -2.82. The van der Waals surface area contributed by atoms with Crippen LogP contribution in [0.25, 0.3) is 0 Å². The van der Waals surface area contributed by atoms with E-state index in [1.54, 1.807) is 36.3 Å². The first kappa shape index (κ1) is 18.6. The van der Waals surface area contributed by atoms with Gasteiger partial charge in [0.1, 0.15) is 0 Å². The number of rotatable bonds is 7. The van der Waals surface area contributed by atoms with Crippen molar-refractivity contribution < 1.29 is 0 Å². The Hall–Kier alpha value is 1.30. The van der Waals surface area contributed by atoms with Crippen molar-refractivity contribution in [3.8, 4) is 0 Å². The molecule has 3 aliphatic heterocycles. The lowest BCUT2D eigenvalue weighted by atomic mass is 10.9. The first-order valence-corrected chi connectivity index (χ1v) is 30.9. The van der Waals surface area contributed by atoms with E-state index in [0.29, 0.717) is 0 Å². The van der Waals surface area contributed by atoms with Gasteiger partial charge in [0.2, 0.25) is 0 Å². The lowest BCUT2D eigenvalue weighted by Gasteiger charge is -3.09. The molecule has 0 atom stereocenters. The lowest BCUT2D eigenvalue weighted by molar-refractivity contribution is 1.25. The minimum absolute atomic E-state index is 0.225. The molecule has 124 valence electrons. The van der Waals surface area contributed by atoms with Gasteiger partial charge >= 0.3 is 0 Å². The summed E-state index contributed by atoms with van der Waals surface area (Å²) in [5.41, 5.74) is 0. The van der Waals surface area contributed by atoms with Gasteiger partial charge in [0.05, 0.1) is 0 Å². The average Bonchev–Trinajstić information content (AvgIpc) is 2.39. The summed E-state index contributed by atoms with van der Waals surface area (Å²) in [6.07, 6.45) is -0.793. The van der Waals surface area contributed by atoms with Crippen LogP contribution in [0.5, 0.6) is 0 Å². The molecular formula is C15H39Si6-. The quantitative estimate of drug-likeness (QED) is 0.519. The van der Waals surface area contributed by atoms with Crippen molar-refractivity contribution in [2.75, 3.05) is 0 Å². The van der Waals surface area contributed by atoms with E-state index >= 15 is 0 Å². The Morgan fingerprint density at radius 3 is 0.952 bits per heavy atom. The molecule has 3 rings (SSSR count). The first-order chi connectivity index (χ1) is 9.73.